The average molecular weight is 199 g/mol. The molecule has 1 nitrogen and oxygen atoms in total. The van der Waals surface area contributed by atoms with Crippen molar-refractivity contribution in [2.24, 2.45) is 0 Å². The van der Waals surface area contributed by atoms with Crippen molar-refractivity contribution < 1.29 is 0 Å². The second-order valence-corrected chi connectivity index (χ2v) is 3.81. The van der Waals surface area contributed by atoms with Crippen LogP contribution in [0.15, 0.2) is 12.2 Å². The van der Waals surface area contributed by atoms with Gasteiger partial charge in [0.2, 0.25) is 0 Å². The highest BCUT2D eigenvalue weighted by atomic mass is 14.8. The smallest absolute Gasteiger partial charge is 0.00516 e. The largest absolute Gasteiger partial charge is 0.317 e. The van der Waals surface area contributed by atoms with Gasteiger partial charge in [0.1, 0.15) is 0 Å². The summed E-state index contributed by atoms with van der Waals surface area (Å²) in [6, 6.07) is 0. The molecule has 0 spiro atoms. The van der Waals surface area contributed by atoms with Crippen LogP contribution in [0.1, 0.15) is 59.8 Å². The molecular formula is C13H29N. The first-order valence-electron chi connectivity index (χ1n) is 6.04. The summed E-state index contributed by atoms with van der Waals surface area (Å²) in [6.07, 6.45) is 6.29. The highest BCUT2D eigenvalue weighted by Crippen LogP contribution is 2.01. The molecular weight excluding hydrogens is 170 g/mol. The number of unbranched alkanes of at least 4 members (excludes halogenated alkanes) is 1. The van der Waals surface area contributed by atoms with Crippen molar-refractivity contribution in [1.29, 1.82) is 0 Å². The maximum Gasteiger partial charge on any atom is -0.00516 e. The lowest BCUT2D eigenvalue weighted by atomic mass is 10.2. The summed E-state index contributed by atoms with van der Waals surface area (Å²) in [4.78, 5) is 0. The molecule has 0 aromatic rings. The summed E-state index contributed by atoms with van der Waals surface area (Å²) < 4.78 is 0. The standard InChI is InChI=1S/C7H14.C6H15N/c1-4-5-6-7(2)3;1-3-5-7-6-4-2/h2,4-6H2,1,3H3;7H,3-6H2,1-2H3. The highest BCUT2D eigenvalue weighted by Gasteiger charge is 1.81. The van der Waals surface area contributed by atoms with Gasteiger partial charge in [-0.05, 0) is 45.7 Å². The Labute approximate surface area is 91.0 Å². The Kier molecular flexibility index (Phi) is 17.5. The maximum atomic E-state index is 3.79. The molecule has 86 valence electrons. The molecule has 0 fully saturated rings. The van der Waals surface area contributed by atoms with Gasteiger partial charge in [0.25, 0.3) is 0 Å². The van der Waals surface area contributed by atoms with Gasteiger partial charge in [0.15, 0.2) is 0 Å². The predicted octanol–water partition coefficient (Wildman–Crippen LogP) is 4.15. The minimum absolute atomic E-state index is 1.17. The third-order valence-corrected chi connectivity index (χ3v) is 1.81. The lowest BCUT2D eigenvalue weighted by Gasteiger charge is -1.95. The molecule has 0 bridgehead atoms. The number of allylic oxidation sites excluding steroid dienone is 1. The molecule has 0 radical (unpaired) electrons. The van der Waals surface area contributed by atoms with E-state index in [1.807, 2.05) is 0 Å². The van der Waals surface area contributed by atoms with Crippen molar-refractivity contribution in [2.75, 3.05) is 13.1 Å². The molecule has 14 heavy (non-hydrogen) atoms. The van der Waals surface area contributed by atoms with Crippen molar-refractivity contribution in [2.45, 2.75) is 59.8 Å². The van der Waals surface area contributed by atoms with Gasteiger partial charge in [0.05, 0.1) is 0 Å². The zero-order valence-electron chi connectivity index (χ0n) is 10.7. The summed E-state index contributed by atoms with van der Waals surface area (Å²) in [5.74, 6) is 0. The molecule has 0 unspecified atom stereocenters. The van der Waals surface area contributed by atoms with E-state index < -0.39 is 0 Å². The first-order valence-corrected chi connectivity index (χ1v) is 6.04. The zero-order valence-corrected chi connectivity index (χ0v) is 10.7. The topological polar surface area (TPSA) is 12.0 Å². The molecule has 0 aromatic heterocycles. The van der Waals surface area contributed by atoms with Gasteiger partial charge in [0, 0.05) is 0 Å². The van der Waals surface area contributed by atoms with Crippen LogP contribution in [0.2, 0.25) is 0 Å². The Balaban J connectivity index is 0. The van der Waals surface area contributed by atoms with E-state index in [4.69, 9.17) is 0 Å². The average Bonchev–Trinajstić information content (AvgIpc) is 2.16. The summed E-state index contributed by atoms with van der Waals surface area (Å²) >= 11 is 0. The van der Waals surface area contributed by atoms with E-state index in [1.165, 1.54) is 50.8 Å². The van der Waals surface area contributed by atoms with Gasteiger partial charge >= 0.3 is 0 Å². The van der Waals surface area contributed by atoms with E-state index >= 15 is 0 Å². The van der Waals surface area contributed by atoms with Gasteiger partial charge in [-0.3, -0.25) is 0 Å². The fourth-order valence-corrected chi connectivity index (χ4v) is 0.957. The third-order valence-electron chi connectivity index (χ3n) is 1.81. The van der Waals surface area contributed by atoms with E-state index in [-0.39, 0.29) is 0 Å². The lowest BCUT2D eigenvalue weighted by molar-refractivity contribution is 0.662. The molecule has 0 heterocycles. The molecule has 0 amide bonds. The van der Waals surface area contributed by atoms with Gasteiger partial charge in [-0.25, -0.2) is 0 Å². The summed E-state index contributed by atoms with van der Waals surface area (Å²) in [5.41, 5.74) is 1.31. The number of hydrogen-bond donors (Lipinski definition) is 1. The van der Waals surface area contributed by atoms with Crippen LogP contribution in [-0.2, 0) is 0 Å². The first kappa shape index (κ1) is 16.1. The van der Waals surface area contributed by atoms with Crippen LogP contribution in [0.25, 0.3) is 0 Å². The van der Waals surface area contributed by atoms with E-state index in [0.29, 0.717) is 0 Å². The van der Waals surface area contributed by atoms with Crippen molar-refractivity contribution in [3.05, 3.63) is 12.2 Å². The Morgan fingerprint density at radius 2 is 1.50 bits per heavy atom. The Morgan fingerprint density at radius 1 is 1.00 bits per heavy atom. The SMILES string of the molecule is C=C(C)CCCC.CCCNCCC. The van der Waals surface area contributed by atoms with Crippen molar-refractivity contribution in [1.82, 2.24) is 5.32 Å². The van der Waals surface area contributed by atoms with Crippen LogP contribution in [0, 0.1) is 0 Å². The molecule has 0 saturated carbocycles. The lowest BCUT2D eigenvalue weighted by Crippen LogP contribution is -2.14. The number of hydrogen-bond acceptors (Lipinski definition) is 1. The van der Waals surface area contributed by atoms with Crippen LogP contribution in [0.5, 0.6) is 0 Å². The fourth-order valence-electron chi connectivity index (χ4n) is 0.957. The third kappa shape index (κ3) is 22.6. The predicted molar refractivity (Wildman–Crippen MR) is 67.8 cm³/mol. The fraction of sp³-hybridized carbons (Fsp3) is 0.846. The first-order chi connectivity index (χ1) is 6.68. The van der Waals surface area contributed by atoms with E-state index in [2.05, 4.69) is 39.6 Å². The Hall–Kier alpha value is -0.300. The van der Waals surface area contributed by atoms with Gasteiger partial charge in [-0.15, -0.1) is 6.58 Å². The Morgan fingerprint density at radius 3 is 1.71 bits per heavy atom. The second kappa shape index (κ2) is 15.2. The molecule has 1 heteroatoms. The van der Waals surface area contributed by atoms with Crippen LogP contribution < -0.4 is 5.32 Å². The molecule has 0 aliphatic heterocycles. The van der Waals surface area contributed by atoms with Gasteiger partial charge < -0.3 is 5.32 Å². The van der Waals surface area contributed by atoms with E-state index in [0.717, 1.165) is 0 Å². The zero-order chi connectivity index (χ0) is 11.2. The highest BCUT2D eigenvalue weighted by molar-refractivity contribution is 4.86. The molecule has 0 saturated heterocycles. The molecule has 0 atom stereocenters. The van der Waals surface area contributed by atoms with Crippen LogP contribution in [0.3, 0.4) is 0 Å². The molecule has 0 aromatic carbocycles. The van der Waals surface area contributed by atoms with Crippen molar-refractivity contribution >= 4 is 0 Å². The molecule has 0 rings (SSSR count). The summed E-state index contributed by atoms with van der Waals surface area (Å²) in [5, 5.41) is 3.28. The van der Waals surface area contributed by atoms with Crippen LogP contribution in [-0.4, -0.2) is 13.1 Å². The second-order valence-electron chi connectivity index (χ2n) is 3.81. The number of rotatable bonds is 7. The normalized spacial score (nSPS) is 9.14. The van der Waals surface area contributed by atoms with Gasteiger partial charge in [-0.2, -0.15) is 0 Å². The monoisotopic (exact) mass is 199 g/mol. The maximum absolute atomic E-state index is 3.79. The summed E-state index contributed by atoms with van der Waals surface area (Å²) in [7, 11) is 0. The minimum atomic E-state index is 1.17. The molecule has 0 aliphatic rings. The molecule has 0 aliphatic carbocycles. The number of nitrogens with one attached hydrogen (secondary N) is 1. The van der Waals surface area contributed by atoms with E-state index in [1.54, 1.807) is 0 Å². The summed E-state index contributed by atoms with van der Waals surface area (Å²) in [6.45, 7) is 14.8. The van der Waals surface area contributed by atoms with Crippen molar-refractivity contribution in [3.63, 3.8) is 0 Å². The minimum Gasteiger partial charge on any atom is -0.317 e. The molecule has 1 N–H and O–H groups in total. The van der Waals surface area contributed by atoms with Gasteiger partial charge in [-0.1, -0.05) is 32.8 Å². The van der Waals surface area contributed by atoms with Crippen LogP contribution in [0.4, 0.5) is 0 Å². The van der Waals surface area contributed by atoms with Crippen molar-refractivity contribution in [3.8, 4) is 0 Å². The van der Waals surface area contributed by atoms with E-state index in [9.17, 15) is 0 Å². The van der Waals surface area contributed by atoms with Crippen LogP contribution >= 0.6 is 0 Å². The quantitative estimate of drug-likeness (QED) is 0.480. The Bertz CT molecular complexity index is 104.